The Labute approximate surface area is 204 Å². The summed E-state index contributed by atoms with van der Waals surface area (Å²) < 4.78 is 0. The van der Waals surface area contributed by atoms with Crippen LogP contribution in [0, 0.1) is 5.92 Å². The molecular weight excluding hydrogens is 459 g/mol. The van der Waals surface area contributed by atoms with Crippen LogP contribution >= 0.6 is 35.0 Å². The van der Waals surface area contributed by atoms with Crippen molar-refractivity contribution in [3.05, 3.63) is 81.8 Å². The Balaban J connectivity index is 1.16. The van der Waals surface area contributed by atoms with E-state index in [0.29, 0.717) is 16.6 Å². The number of nitrogens with one attached hydrogen (secondary N) is 1. The van der Waals surface area contributed by atoms with Gasteiger partial charge in [0.15, 0.2) is 0 Å². The van der Waals surface area contributed by atoms with E-state index in [2.05, 4.69) is 52.7 Å². The van der Waals surface area contributed by atoms with Crippen molar-refractivity contribution >= 4 is 51.6 Å². The van der Waals surface area contributed by atoms with Crippen LogP contribution in [-0.4, -0.2) is 36.2 Å². The zero-order chi connectivity index (χ0) is 22.3. The summed E-state index contributed by atoms with van der Waals surface area (Å²) >= 11 is 13.8. The van der Waals surface area contributed by atoms with Crippen LogP contribution in [0.1, 0.15) is 24.0 Å². The van der Waals surface area contributed by atoms with Crippen molar-refractivity contribution in [3.8, 4) is 0 Å². The van der Waals surface area contributed by atoms with E-state index in [1.807, 2.05) is 18.2 Å². The van der Waals surface area contributed by atoms with Crippen molar-refractivity contribution in [1.82, 2.24) is 10.2 Å². The van der Waals surface area contributed by atoms with Gasteiger partial charge in [0.25, 0.3) is 0 Å². The first-order chi connectivity index (χ1) is 15.6. The lowest BCUT2D eigenvalue weighted by Gasteiger charge is -2.31. The van der Waals surface area contributed by atoms with Gasteiger partial charge in [-0.2, -0.15) is 11.8 Å². The standard InChI is InChI=1S/C26H28Cl2N2OS/c27-24-9-8-19(16-25(24)28)18-32-15-12-29-26(31)21-10-13-30(14-11-21)17-22-6-3-5-20-4-1-2-7-23(20)22/h1-9,16,21H,10-15,17-18H2,(H,29,31). The molecule has 6 heteroatoms. The number of fused-ring (bicyclic) bond motifs is 1. The summed E-state index contributed by atoms with van der Waals surface area (Å²) in [6.45, 7) is 3.57. The van der Waals surface area contributed by atoms with Crippen LogP contribution < -0.4 is 5.32 Å². The molecule has 4 rings (SSSR count). The van der Waals surface area contributed by atoms with Crippen LogP contribution in [0.15, 0.2) is 60.7 Å². The number of piperidine rings is 1. The van der Waals surface area contributed by atoms with Crippen molar-refractivity contribution in [2.75, 3.05) is 25.4 Å². The Morgan fingerprint density at radius 3 is 2.59 bits per heavy atom. The molecule has 1 fully saturated rings. The number of carbonyl (C=O) groups is 1. The molecular formula is C26H28Cl2N2OS. The fourth-order valence-corrected chi connectivity index (χ4v) is 5.36. The van der Waals surface area contributed by atoms with Gasteiger partial charge in [-0.15, -0.1) is 0 Å². The van der Waals surface area contributed by atoms with Gasteiger partial charge in [-0.1, -0.05) is 71.7 Å². The van der Waals surface area contributed by atoms with Gasteiger partial charge in [0.1, 0.15) is 0 Å². The quantitative estimate of drug-likeness (QED) is 0.373. The maximum Gasteiger partial charge on any atom is 0.223 e. The van der Waals surface area contributed by atoms with Crippen LogP contribution in [0.3, 0.4) is 0 Å². The highest BCUT2D eigenvalue weighted by molar-refractivity contribution is 7.98. The van der Waals surface area contributed by atoms with Gasteiger partial charge in [0.05, 0.1) is 10.0 Å². The van der Waals surface area contributed by atoms with E-state index >= 15 is 0 Å². The van der Waals surface area contributed by atoms with Crippen molar-refractivity contribution in [1.29, 1.82) is 0 Å². The number of amides is 1. The van der Waals surface area contributed by atoms with Gasteiger partial charge in [0.2, 0.25) is 5.91 Å². The number of halogens is 2. The third kappa shape index (κ3) is 6.20. The number of hydrogen-bond donors (Lipinski definition) is 1. The summed E-state index contributed by atoms with van der Waals surface area (Å²) in [5.74, 6) is 2.06. The minimum atomic E-state index is 0.124. The van der Waals surface area contributed by atoms with Crippen LogP contribution in [-0.2, 0) is 17.1 Å². The lowest BCUT2D eigenvalue weighted by atomic mass is 9.95. The Hall–Kier alpha value is -1.72. The normalized spacial score (nSPS) is 15.2. The second-order valence-corrected chi connectivity index (χ2v) is 10.2. The molecule has 1 N–H and O–H groups in total. The van der Waals surface area contributed by atoms with Crippen LogP contribution in [0.25, 0.3) is 10.8 Å². The summed E-state index contributed by atoms with van der Waals surface area (Å²) in [6.07, 6.45) is 1.85. The molecule has 0 saturated carbocycles. The Morgan fingerprint density at radius 1 is 1.00 bits per heavy atom. The Morgan fingerprint density at radius 2 is 1.78 bits per heavy atom. The van der Waals surface area contributed by atoms with E-state index in [0.717, 1.165) is 49.5 Å². The van der Waals surface area contributed by atoms with Crippen LogP contribution in [0.2, 0.25) is 10.0 Å². The summed E-state index contributed by atoms with van der Waals surface area (Å²) in [5, 5.41) is 6.91. The molecule has 0 unspecified atom stereocenters. The summed E-state index contributed by atoms with van der Waals surface area (Å²) in [6, 6.07) is 20.8. The fraction of sp³-hybridized carbons (Fsp3) is 0.346. The third-order valence-electron chi connectivity index (χ3n) is 6.03. The average Bonchev–Trinajstić information content (AvgIpc) is 2.82. The molecule has 1 aliphatic rings. The molecule has 0 spiro atoms. The SMILES string of the molecule is O=C(NCCSCc1ccc(Cl)c(Cl)c1)C1CCN(Cc2cccc3ccccc23)CC1. The minimum absolute atomic E-state index is 0.124. The number of carbonyl (C=O) groups excluding carboxylic acids is 1. The highest BCUT2D eigenvalue weighted by Crippen LogP contribution is 2.25. The largest absolute Gasteiger partial charge is 0.355 e. The summed E-state index contributed by atoms with van der Waals surface area (Å²) in [4.78, 5) is 15.1. The van der Waals surface area contributed by atoms with Crippen molar-refractivity contribution in [2.45, 2.75) is 25.1 Å². The van der Waals surface area contributed by atoms with Gasteiger partial charge < -0.3 is 5.32 Å². The van der Waals surface area contributed by atoms with Gasteiger partial charge in [-0.25, -0.2) is 0 Å². The van der Waals surface area contributed by atoms with E-state index < -0.39 is 0 Å². The minimum Gasteiger partial charge on any atom is -0.355 e. The van der Waals surface area contributed by atoms with Crippen molar-refractivity contribution in [3.63, 3.8) is 0 Å². The number of benzene rings is 3. The first-order valence-corrected chi connectivity index (χ1v) is 13.0. The highest BCUT2D eigenvalue weighted by Gasteiger charge is 2.24. The van der Waals surface area contributed by atoms with E-state index in [4.69, 9.17) is 23.2 Å². The molecule has 1 saturated heterocycles. The predicted octanol–water partition coefficient (Wildman–Crippen LogP) is 6.41. The Kier molecular flexibility index (Phi) is 8.37. The fourth-order valence-electron chi connectivity index (χ4n) is 4.23. The predicted molar refractivity (Wildman–Crippen MR) is 138 cm³/mol. The molecule has 0 radical (unpaired) electrons. The number of thioether (sulfide) groups is 1. The van der Waals surface area contributed by atoms with E-state index in [1.54, 1.807) is 11.8 Å². The molecule has 1 aliphatic heterocycles. The molecule has 0 aliphatic carbocycles. The first kappa shape index (κ1) is 23.4. The summed E-state index contributed by atoms with van der Waals surface area (Å²) in [7, 11) is 0. The van der Waals surface area contributed by atoms with Gasteiger partial charge in [-0.05, 0) is 60.0 Å². The van der Waals surface area contributed by atoms with E-state index in [-0.39, 0.29) is 11.8 Å². The maximum absolute atomic E-state index is 12.6. The zero-order valence-corrected chi connectivity index (χ0v) is 20.4. The lowest BCUT2D eigenvalue weighted by Crippen LogP contribution is -2.40. The topological polar surface area (TPSA) is 32.3 Å². The molecule has 3 aromatic carbocycles. The Bertz CT molecular complexity index is 1060. The van der Waals surface area contributed by atoms with E-state index in [9.17, 15) is 4.79 Å². The molecule has 168 valence electrons. The van der Waals surface area contributed by atoms with Gasteiger partial charge in [-0.3, -0.25) is 9.69 Å². The maximum atomic E-state index is 12.6. The number of nitrogens with zero attached hydrogens (tertiary/aromatic N) is 1. The van der Waals surface area contributed by atoms with Crippen LogP contribution in [0.4, 0.5) is 0 Å². The van der Waals surface area contributed by atoms with Crippen molar-refractivity contribution < 1.29 is 4.79 Å². The third-order valence-corrected chi connectivity index (χ3v) is 7.80. The second kappa shape index (κ2) is 11.4. The monoisotopic (exact) mass is 486 g/mol. The molecule has 1 heterocycles. The smallest absolute Gasteiger partial charge is 0.223 e. The van der Waals surface area contributed by atoms with E-state index in [1.165, 1.54) is 16.3 Å². The molecule has 3 aromatic rings. The van der Waals surface area contributed by atoms with Crippen LogP contribution in [0.5, 0.6) is 0 Å². The first-order valence-electron chi connectivity index (χ1n) is 11.1. The zero-order valence-electron chi connectivity index (χ0n) is 18.0. The summed E-state index contributed by atoms with van der Waals surface area (Å²) in [5.41, 5.74) is 2.51. The van der Waals surface area contributed by atoms with Gasteiger partial charge >= 0.3 is 0 Å². The molecule has 0 atom stereocenters. The number of hydrogen-bond acceptors (Lipinski definition) is 3. The molecule has 0 aromatic heterocycles. The highest BCUT2D eigenvalue weighted by atomic mass is 35.5. The molecule has 32 heavy (non-hydrogen) atoms. The molecule has 1 amide bonds. The number of rotatable bonds is 8. The second-order valence-electron chi connectivity index (χ2n) is 8.28. The molecule has 3 nitrogen and oxygen atoms in total. The number of likely N-dealkylation sites (tertiary alicyclic amines) is 1. The van der Waals surface area contributed by atoms with Gasteiger partial charge in [0, 0.05) is 30.5 Å². The lowest BCUT2D eigenvalue weighted by molar-refractivity contribution is -0.126. The molecule has 0 bridgehead atoms. The van der Waals surface area contributed by atoms with Crippen molar-refractivity contribution in [2.24, 2.45) is 5.92 Å². The average molecular weight is 487 g/mol.